The molecule has 0 saturated heterocycles. The molecule has 1 aromatic rings. The number of nitrogens with zero attached hydrogens (tertiary/aromatic N) is 2. The van der Waals surface area contributed by atoms with Gasteiger partial charge in [0.15, 0.2) is 0 Å². The average molecular weight is 308 g/mol. The van der Waals surface area contributed by atoms with E-state index in [1.807, 2.05) is 0 Å². The number of hydrogen-bond acceptors (Lipinski definition) is 6. The summed E-state index contributed by atoms with van der Waals surface area (Å²) in [7, 11) is 0. The van der Waals surface area contributed by atoms with Crippen molar-refractivity contribution in [2.75, 3.05) is 0 Å². The molecule has 1 aromatic carbocycles. The van der Waals surface area contributed by atoms with E-state index in [0.29, 0.717) is 5.56 Å². The molecule has 1 aliphatic carbocycles. The zero-order valence-corrected chi connectivity index (χ0v) is 12.4. The predicted octanol–water partition coefficient (Wildman–Crippen LogP) is 2.44. The van der Waals surface area contributed by atoms with Gasteiger partial charge in [0.25, 0.3) is 5.69 Å². The molecule has 0 radical (unpaired) electrons. The molecule has 118 valence electrons. The van der Waals surface area contributed by atoms with Crippen LogP contribution in [0.1, 0.15) is 38.7 Å². The van der Waals surface area contributed by atoms with Crippen LogP contribution < -0.4 is 0 Å². The number of carbonyl (C=O) groups is 1. The van der Waals surface area contributed by atoms with E-state index >= 15 is 0 Å². The van der Waals surface area contributed by atoms with E-state index in [4.69, 9.17) is 4.74 Å². The number of benzene rings is 1. The van der Waals surface area contributed by atoms with Crippen LogP contribution in [0, 0.1) is 20.2 Å². The SMILES string of the molecule is CC(C)(C)OC(=O)C1([N+](=O)[O-])CC1c1cccc([N+](=O)[O-])c1. The second kappa shape index (κ2) is 5.04. The van der Waals surface area contributed by atoms with Crippen LogP contribution in [0.25, 0.3) is 0 Å². The van der Waals surface area contributed by atoms with Gasteiger partial charge >= 0.3 is 11.5 Å². The molecule has 8 heteroatoms. The Morgan fingerprint density at radius 3 is 2.45 bits per heavy atom. The molecule has 1 aliphatic rings. The van der Waals surface area contributed by atoms with E-state index in [1.165, 1.54) is 18.2 Å². The topological polar surface area (TPSA) is 113 Å². The zero-order chi connectivity index (χ0) is 16.7. The lowest BCUT2D eigenvalue weighted by atomic mass is 10.1. The molecule has 0 aromatic heterocycles. The minimum Gasteiger partial charge on any atom is -0.455 e. The highest BCUT2D eigenvalue weighted by molar-refractivity contribution is 5.85. The van der Waals surface area contributed by atoms with Crippen LogP contribution >= 0.6 is 0 Å². The van der Waals surface area contributed by atoms with Gasteiger partial charge in [-0.15, -0.1) is 0 Å². The third-order valence-electron chi connectivity index (χ3n) is 3.49. The number of hydrogen-bond donors (Lipinski definition) is 0. The van der Waals surface area contributed by atoms with Crippen molar-refractivity contribution in [3.63, 3.8) is 0 Å². The van der Waals surface area contributed by atoms with E-state index in [1.54, 1.807) is 26.8 Å². The van der Waals surface area contributed by atoms with Crippen molar-refractivity contribution in [2.24, 2.45) is 0 Å². The highest BCUT2D eigenvalue weighted by Gasteiger charge is 2.74. The molecule has 1 saturated carbocycles. The van der Waals surface area contributed by atoms with E-state index in [-0.39, 0.29) is 12.1 Å². The summed E-state index contributed by atoms with van der Waals surface area (Å²) in [6.45, 7) is 4.88. The molecule has 0 N–H and O–H groups in total. The van der Waals surface area contributed by atoms with E-state index in [0.717, 1.165) is 0 Å². The molecular formula is C14H16N2O6. The smallest absolute Gasteiger partial charge is 0.386 e. The molecule has 1 fully saturated rings. The van der Waals surface area contributed by atoms with E-state index in [9.17, 15) is 25.0 Å². The highest BCUT2D eigenvalue weighted by atomic mass is 16.6. The Kier molecular flexibility index (Phi) is 3.64. The van der Waals surface area contributed by atoms with Crippen LogP contribution in [0.4, 0.5) is 5.69 Å². The Morgan fingerprint density at radius 2 is 1.95 bits per heavy atom. The normalized spacial score (nSPS) is 23.7. The van der Waals surface area contributed by atoms with E-state index in [2.05, 4.69) is 0 Å². The van der Waals surface area contributed by atoms with Gasteiger partial charge in [-0.25, -0.2) is 4.79 Å². The van der Waals surface area contributed by atoms with Crippen molar-refractivity contribution in [1.29, 1.82) is 0 Å². The largest absolute Gasteiger partial charge is 0.455 e. The van der Waals surface area contributed by atoms with Crippen molar-refractivity contribution < 1.29 is 19.4 Å². The summed E-state index contributed by atoms with van der Waals surface area (Å²) in [6, 6.07) is 5.56. The van der Waals surface area contributed by atoms with Crippen LogP contribution in [0.2, 0.25) is 0 Å². The van der Waals surface area contributed by atoms with Gasteiger partial charge in [0.2, 0.25) is 0 Å². The fraction of sp³-hybridized carbons (Fsp3) is 0.500. The standard InChI is InChI=1S/C14H16N2O6/c1-13(2,3)22-12(17)14(16(20)21)8-11(14)9-5-4-6-10(7-9)15(18)19/h4-7,11H,8H2,1-3H3. The van der Waals surface area contributed by atoms with Crippen LogP contribution in [-0.2, 0) is 9.53 Å². The number of rotatable bonds is 4. The van der Waals surface area contributed by atoms with Crippen molar-refractivity contribution in [3.05, 3.63) is 50.1 Å². The minimum atomic E-state index is -1.84. The van der Waals surface area contributed by atoms with Gasteiger partial charge in [0.05, 0.1) is 10.8 Å². The number of carbonyl (C=O) groups excluding carboxylic acids is 1. The number of nitro groups is 2. The fourth-order valence-corrected chi connectivity index (χ4v) is 2.37. The molecule has 2 unspecified atom stereocenters. The van der Waals surface area contributed by atoms with Gasteiger partial charge < -0.3 is 4.74 Å². The minimum absolute atomic E-state index is 0.0178. The van der Waals surface area contributed by atoms with Crippen molar-refractivity contribution >= 4 is 11.7 Å². The molecule has 22 heavy (non-hydrogen) atoms. The van der Waals surface area contributed by atoms with Gasteiger partial charge in [-0.3, -0.25) is 20.2 Å². The lowest BCUT2D eigenvalue weighted by Gasteiger charge is -2.21. The first-order chi connectivity index (χ1) is 10.1. The van der Waals surface area contributed by atoms with Gasteiger partial charge in [-0.1, -0.05) is 12.1 Å². The average Bonchev–Trinajstić information content (AvgIpc) is 3.13. The first-order valence-corrected chi connectivity index (χ1v) is 6.70. The summed E-state index contributed by atoms with van der Waals surface area (Å²) in [5.74, 6) is -1.61. The summed E-state index contributed by atoms with van der Waals surface area (Å²) in [5.41, 5.74) is -2.44. The Bertz CT molecular complexity index is 651. The fourth-order valence-electron chi connectivity index (χ4n) is 2.37. The second-order valence-corrected chi connectivity index (χ2v) is 6.29. The van der Waals surface area contributed by atoms with Crippen LogP contribution in [0.3, 0.4) is 0 Å². The molecule has 0 heterocycles. The predicted molar refractivity (Wildman–Crippen MR) is 76.0 cm³/mol. The number of nitro benzene ring substituents is 1. The summed E-state index contributed by atoms with van der Waals surface area (Å²) >= 11 is 0. The third-order valence-corrected chi connectivity index (χ3v) is 3.49. The Labute approximate surface area is 126 Å². The summed E-state index contributed by atoms with van der Waals surface area (Å²) in [6.07, 6.45) is -0.0178. The maximum atomic E-state index is 12.2. The summed E-state index contributed by atoms with van der Waals surface area (Å²) in [4.78, 5) is 33.1. The second-order valence-electron chi connectivity index (χ2n) is 6.29. The lowest BCUT2D eigenvalue weighted by molar-refractivity contribution is -0.527. The molecule has 2 atom stereocenters. The molecule has 0 spiro atoms. The Morgan fingerprint density at radius 1 is 1.32 bits per heavy atom. The molecule has 2 rings (SSSR count). The Balaban J connectivity index is 2.31. The maximum absolute atomic E-state index is 12.2. The number of non-ortho nitro benzene ring substituents is 1. The van der Waals surface area contributed by atoms with Gasteiger partial charge in [0.1, 0.15) is 5.60 Å². The molecule has 0 bridgehead atoms. The van der Waals surface area contributed by atoms with Gasteiger partial charge in [-0.2, -0.15) is 0 Å². The monoisotopic (exact) mass is 308 g/mol. The van der Waals surface area contributed by atoms with Crippen LogP contribution in [-0.4, -0.2) is 27.0 Å². The van der Waals surface area contributed by atoms with Crippen molar-refractivity contribution in [2.45, 2.75) is 44.2 Å². The zero-order valence-electron chi connectivity index (χ0n) is 12.4. The molecular weight excluding hydrogens is 292 g/mol. The van der Waals surface area contributed by atoms with Crippen molar-refractivity contribution in [3.8, 4) is 0 Å². The maximum Gasteiger partial charge on any atom is 0.386 e. The number of ether oxygens (including phenoxy) is 1. The molecule has 8 nitrogen and oxygen atoms in total. The molecule has 0 aliphatic heterocycles. The van der Waals surface area contributed by atoms with Gasteiger partial charge in [0, 0.05) is 23.5 Å². The first kappa shape index (κ1) is 15.9. The van der Waals surface area contributed by atoms with Crippen LogP contribution in [0.15, 0.2) is 24.3 Å². The highest BCUT2D eigenvalue weighted by Crippen LogP contribution is 2.55. The first-order valence-electron chi connectivity index (χ1n) is 6.70. The third kappa shape index (κ3) is 2.76. The van der Waals surface area contributed by atoms with Crippen molar-refractivity contribution in [1.82, 2.24) is 0 Å². The summed E-state index contributed by atoms with van der Waals surface area (Å²) < 4.78 is 5.14. The quantitative estimate of drug-likeness (QED) is 0.479. The number of esters is 1. The van der Waals surface area contributed by atoms with Gasteiger partial charge in [-0.05, 0) is 26.3 Å². The summed E-state index contributed by atoms with van der Waals surface area (Å²) in [5, 5.41) is 22.2. The van der Waals surface area contributed by atoms with E-state index < -0.39 is 32.9 Å². The van der Waals surface area contributed by atoms with Crippen LogP contribution in [0.5, 0.6) is 0 Å². The lowest BCUT2D eigenvalue weighted by Crippen LogP contribution is -2.39. The molecule has 0 amide bonds. The Hall–Kier alpha value is -2.51.